The van der Waals surface area contributed by atoms with Gasteiger partial charge in [-0.15, -0.1) is 0 Å². The second-order valence-electron chi connectivity index (χ2n) is 6.20. The Morgan fingerprint density at radius 2 is 2.05 bits per heavy atom. The maximum atomic E-state index is 12.3. The van der Waals surface area contributed by atoms with Crippen molar-refractivity contribution in [3.05, 3.63) is 0 Å². The molecule has 0 bridgehead atoms. The van der Waals surface area contributed by atoms with Gasteiger partial charge in [0, 0.05) is 13.1 Å². The van der Waals surface area contributed by atoms with E-state index in [1.807, 2.05) is 0 Å². The predicted molar refractivity (Wildman–Crippen MR) is 72.3 cm³/mol. The van der Waals surface area contributed by atoms with Crippen LogP contribution in [0.2, 0.25) is 0 Å². The summed E-state index contributed by atoms with van der Waals surface area (Å²) in [5.41, 5.74) is -0.929. The molecule has 1 saturated carbocycles. The maximum absolute atomic E-state index is 12.3. The number of rotatable bonds is 5. The van der Waals surface area contributed by atoms with Crippen LogP contribution in [0, 0.1) is 11.3 Å². The van der Waals surface area contributed by atoms with Crippen molar-refractivity contribution >= 4 is 16.0 Å². The van der Waals surface area contributed by atoms with Gasteiger partial charge >= 0.3 is 5.97 Å². The average Bonchev–Trinajstić information content (AvgIpc) is 2.26. The van der Waals surface area contributed by atoms with E-state index in [9.17, 15) is 18.3 Å². The largest absolute Gasteiger partial charge is 0.481 e. The van der Waals surface area contributed by atoms with Gasteiger partial charge in [0.2, 0.25) is 10.0 Å². The molecule has 1 atom stereocenters. The van der Waals surface area contributed by atoms with Gasteiger partial charge in [-0.3, -0.25) is 4.79 Å². The molecule has 1 unspecified atom stereocenters. The van der Waals surface area contributed by atoms with Crippen molar-refractivity contribution in [3.8, 4) is 0 Å². The van der Waals surface area contributed by atoms with Gasteiger partial charge < -0.3 is 5.11 Å². The fourth-order valence-electron chi connectivity index (χ4n) is 2.83. The summed E-state index contributed by atoms with van der Waals surface area (Å²) in [5, 5.41) is 9.22. The molecule has 2 rings (SSSR count). The molecule has 110 valence electrons. The molecule has 0 aromatic rings. The number of hydrogen-bond acceptors (Lipinski definition) is 3. The lowest BCUT2D eigenvalue weighted by molar-refractivity contribution is -0.150. The summed E-state index contributed by atoms with van der Waals surface area (Å²) in [6, 6.07) is 0. The zero-order chi connectivity index (χ0) is 14.1. The number of piperidine rings is 1. The molecule has 2 fully saturated rings. The smallest absolute Gasteiger partial charge is 0.310 e. The first kappa shape index (κ1) is 14.8. The van der Waals surface area contributed by atoms with E-state index >= 15 is 0 Å². The lowest BCUT2D eigenvalue weighted by Crippen LogP contribution is -2.49. The van der Waals surface area contributed by atoms with Gasteiger partial charge in [-0.05, 0) is 32.1 Å². The molecular formula is C13H23NO4S. The summed E-state index contributed by atoms with van der Waals surface area (Å²) in [7, 11) is -3.29. The van der Waals surface area contributed by atoms with Crippen LogP contribution in [0.3, 0.4) is 0 Å². The summed E-state index contributed by atoms with van der Waals surface area (Å²) in [5.74, 6) is -0.162. The molecule has 0 spiro atoms. The molecular weight excluding hydrogens is 266 g/mol. The average molecular weight is 289 g/mol. The van der Waals surface area contributed by atoms with Crippen molar-refractivity contribution in [2.24, 2.45) is 11.3 Å². The Morgan fingerprint density at radius 3 is 2.58 bits per heavy atom. The maximum Gasteiger partial charge on any atom is 0.310 e. The highest BCUT2D eigenvalue weighted by Gasteiger charge is 2.41. The van der Waals surface area contributed by atoms with Crippen LogP contribution >= 0.6 is 0 Å². The first-order valence-corrected chi connectivity index (χ1v) is 8.66. The Kier molecular flexibility index (Phi) is 4.20. The predicted octanol–water partition coefficient (Wildman–Crippen LogP) is 1.69. The van der Waals surface area contributed by atoms with Crippen LogP contribution < -0.4 is 0 Å². The van der Waals surface area contributed by atoms with Crippen LogP contribution in [0.25, 0.3) is 0 Å². The van der Waals surface area contributed by atoms with E-state index in [1.165, 1.54) is 10.7 Å². The third-order valence-electron chi connectivity index (χ3n) is 4.58. The Morgan fingerprint density at radius 1 is 1.37 bits per heavy atom. The summed E-state index contributed by atoms with van der Waals surface area (Å²) in [6.45, 7) is 2.23. The highest BCUT2D eigenvalue weighted by molar-refractivity contribution is 7.89. The Labute approximate surface area is 115 Å². The zero-order valence-corrected chi connectivity index (χ0v) is 12.3. The molecule has 2 aliphatic rings. The molecule has 19 heavy (non-hydrogen) atoms. The van der Waals surface area contributed by atoms with E-state index in [1.54, 1.807) is 6.92 Å². The molecule has 1 N–H and O–H groups in total. The van der Waals surface area contributed by atoms with Gasteiger partial charge in [-0.2, -0.15) is 0 Å². The number of carboxylic acid groups (broad SMARTS) is 1. The van der Waals surface area contributed by atoms with Crippen LogP contribution in [0.5, 0.6) is 0 Å². The molecule has 1 saturated heterocycles. The topological polar surface area (TPSA) is 74.7 Å². The fourth-order valence-corrected chi connectivity index (χ4v) is 4.61. The minimum absolute atomic E-state index is 0.120. The van der Waals surface area contributed by atoms with Crippen molar-refractivity contribution in [3.63, 3.8) is 0 Å². The minimum atomic E-state index is -3.29. The van der Waals surface area contributed by atoms with Crippen LogP contribution in [-0.4, -0.2) is 42.6 Å². The van der Waals surface area contributed by atoms with Crippen molar-refractivity contribution < 1.29 is 18.3 Å². The monoisotopic (exact) mass is 289 g/mol. The molecule has 0 radical (unpaired) electrons. The van der Waals surface area contributed by atoms with E-state index in [-0.39, 0.29) is 12.3 Å². The Hall–Kier alpha value is -0.620. The van der Waals surface area contributed by atoms with Crippen molar-refractivity contribution in [1.29, 1.82) is 0 Å². The first-order chi connectivity index (χ1) is 8.83. The SMILES string of the molecule is CC1(C(=O)O)CCCN(S(=O)(=O)CCC2CCC2)C1. The third-order valence-corrected chi connectivity index (χ3v) is 6.43. The van der Waals surface area contributed by atoms with Crippen molar-refractivity contribution in [1.82, 2.24) is 4.31 Å². The molecule has 0 aromatic heterocycles. The Bertz CT molecular complexity index is 444. The van der Waals surface area contributed by atoms with E-state index in [0.29, 0.717) is 25.3 Å². The summed E-state index contributed by atoms with van der Waals surface area (Å²) in [4.78, 5) is 11.2. The van der Waals surface area contributed by atoms with Crippen LogP contribution in [0.15, 0.2) is 0 Å². The van der Waals surface area contributed by atoms with Gasteiger partial charge in [0.15, 0.2) is 0 Å². The van der Waals surface area contributed by atoms with Gasteiger partial charge in [0.1, 0.15) is 0 Å². The third kappa shape index (κ3) is 3.28. The number of sulfonamides is 1. The second kappa shape index (κ2) is 5.40. The van der Waals surface area contributed by atoms with E-state index in [4.69, 9.17) is 0 Å². The van der Waals surface area contributed by atoms with Gasteiger partial charge in [0.25, 0.3) is 0 Å². The molecule has 1 aliphatic heterocycles. The molecule has 6 heteroatoms. The van der Waals surface area contributed by atoms with E-state index < -0.39 is 21.4 Å². The number of nitrogens with zero attached hydrogens (tertiary/aromatic N) is 1. The lowest BCUT2D eigenvalue weighted by Gasteiger charge is -2.37. The molecule has 0 amide bonds. The van der Waals surface area contributed by atoms with Crippen LogP contribution in [-0.2, 0) is 14.8 Å². The number of hydrogen-bond donors (Lipinski definition) is 1. The molecule has 1 aliphatic carbocycles. The number of aliphatic carboxylic acids is 1. The van der Waals surface area contributed by atoms with Crippen molar-refractivity contribution in [2.75, 3.05) is 18.8 Å². The summed E-state index contributed by atoms with van der Waals surface area (Å²) < 4.78 is 25.9. The summed E-state index contributed by atoms with van der Waals surface area (Å²) in [6.07, 6.45) is 5.40. The van der Waals surface area contributed by atoms with Gasteiger partial charge in [0.05, 0.1) is 11.2 Å². The standard InChI is InChI=1S/C13H23NO4S/c1-13(12(15)16)7-3-8-14(10-13)19(17,18)9-6-11-4-2-5-11/h11H,2-10H2,1H3,(H,15,16). The molecule has 0 aromatic carbocycles. The zero-order valence-electron chi connectivity index (χ0n) is 11.5. The van der Waals surface area contributed by atoms with Gasteiger partial charge in [-0.25, -0.2) is 12.7 Å². The van der Waals surface area contributed by atoms with E-state index in [2.05, 4.69) is 0 Å². The highest BCUT2D eigenvalue weighted by Crippen LogP contribution is 2.33. The highest BCUT2D eigenvalue weighted by atomic mass is 32.2. The van der Waals surface area contributed by atoms with E-state index in [0.717, 1.165) is 19.3 Å². The summed E-state index contributed by atoms with van der Waals surface area (Å²) >= 11 is 0. The van der Waals surface area contributed by atoms with Gasteiger partial charge in [-0.1, -0.05) is 19.3 Å². The lowest BCUT2D eigenvalue weighted by atomic mass is 9.83. The quantitative estimate of drug-likeness (QED) is 0.836. The minimum Gasteiger partial charge on any atom is -0.481 e. The van der Waals surface area contributed by atoms with Crippen LogP contribution in [0.4, 0.5) is 0 Å². The second-order valence-corrected chi connectivity index (χ2v) is 8.29. The van der Waals surface area contributed by atoms with Crippen LogP contribution in [0.1, 0.15) is 45.4 Å². The fraction of sp³-hybridized carbons (Fsp3) is 0.923. The van der Waals surface area contributed by atoms with Crippen molar-refractivity contribution in [2.45, 2.75) is 45.4 Å². The Balaban J connectivity index is 1.97. The first-order valence-electron chi connectivity index (χ1n) is 7.05. The normalized spacial score (nSPS) is 29.9. The molecule has 1 heterocycles. The molecule has 5 nitrogen and oxygen atoms in total. The number of carboxylic acids is 1. The number of carbonyl (C=O) groups is 1.